The molecule has 3 nitrogen and oxygen atoms in total. The molecule has 1 amide bonds. The zero-order chi connectivity index (χ0) is 9.68. The summed E-state index contributed by atoms with van der Waals surface area (Å²) in [5.41, 5.74) is 0.662. The Morgan fingerprint density at radius 1 is 1.85 bits per heavy atom. The molecule has 1 aromatic heterocycles. The molecule has 0 fully saturated rings. The minimum absolute atomic E-state index is 0.108. The first-order valence-corrected chi connectivity index (χ1v) is 4.88. The first kappa shape index (κ1) is 9.75. The Labute approximate surface area is 81.0 Å². The third kappa shape index (κ3) is 2.88. The van der Waals surface area contributed by atoms with Crippen LogP contribution in [0.1, 0.15) is 17.3 Å². The lowest BCUT2D eigenvalue weighted by Crippen LogP contribution is -2.27. The molecule has 4 heteroatoms. The lowest BCUT2D eigenvalue weighted by Gasteiger charge is -2.03. The Morgan fingerprint density at radius 3 is 3.15 bits per heavy atom. The molecule has 0 radical (unpaired) electrons. The van der Waals surface area contributed by atoms with E-state index in [9.17, 15) is 4.79 Å². The zero-order valence-electron chi connectivity index (χ0n) is 7.28. The molecule has 1 heterocycles. The summed E-state index contributed by atoms with van der Waals surface area (Å²) >= 11 is 1.48. The van der Waals surface area contributed by atoms with Crippen LogP contribution < -0.4 is 5.32 Å². The number of hydrogen-bond acceptors (Lipinski definition) is 3. The van der Waals surface area contributed by atoms with Crippen molar-refractivity contribution in [2.75, 3.05) is 6.54 Å². The van der Waals surface area contributed by atoms with E-state index in [4.69, 9.17) is 5.26 Å². The fourth-order valence-corrected chi connectivity index (χ4v) is 1.42. The highest BCUT2D eigenvalue weighted by atomic mass is 32.1. The van der Waals surface area contributed by atoms with Crippen LogP contribution in [-0.4, -0.2) is 12.5 Å². The maximum atomic E-state index is 11.3. The number of nitrogens with one attached hydrogen (secondary N) is 1. The molecule has 0 saturated heterocycles. The Morgan fingerprint density at radius 2 is 2.62 bits per heavy atom. The van der Waals surface area contributed by atoms with Gasteiger partial charge in [-0.25, -0.2) is 0 Å². The lowest BCUT2D eigenvalue weighted by molar-refractivity contribution is 0.0951. The smallest absolute Gasteiger partial charge is 0.252 e. The second kappa shape index (κ2) is 4.63. The van der Waals surface area contributed by atoms with Crippen LogP contribution >= 0.6 is 11.3 Å². The van der Waals surface area contributed by atoms with E-state index in [1.54, 1.807) is 18.4 Å². The van der Waals surface area contributed by atoms with Crippen molar-refractivity contribution >= 4 is 17.2 Å². The van der Waals surface area contributed by atoms with E-state index in [0.717, 1.165) is 0 Å². The highest BCUT2D eigenvalue weighted by molar-refractivity contribution is 7.08. The SMILES string of the molecule is CC(C#N)CNC(=O)c1ccsc1. The Balaban J connectivity index is 2.40. The number of nitriles is 1. The minimum atomic E-state index is -0.136. The van der Waals surface area contributed by atoms with Gasteiger partial charge in [0.05, 0.1) is 12.0 Å². The van der Waals surface area contributed by atoms with Gasteiger partial charge in [0.25, 0.3) is 5.91 Å². The fourth-order valence-electron chi connectivity index (χ4n) is 0.787. The second-order valence-electron chi connectivity index (χ2n) is 2.75. The summed E-state index contributed by atoms with van der Waals surface area (Å²) < 4.78 is 0. The molecule has 1 atom stereocenters. The van der Waals surface area contributed by atoms with Gasteiger partial charge in [0.15, 0.2) is 0 Å². The van der Waals surface area contributed by atoms with Crippen molar-refractivity contribution < 1.29 is 4.79 Å². The molecule has 0 aliphatic heterocycles. The number of carbonyl (C=O) groups excluding carboxylic acids is 1. The summed E-state index contributed by atoms with van der Waals surface area (Å²) in [5, 5.41) is 14.8. The average Bonchev–Trinajstić information content (AvgIpc) is 2.66. The Hall–Kier alpha value is -1.34. The van der Waals surface area contributed by atoms with Gasteiger partial charge in [0.2, 0.25) is 0 Å². The van der Waals surface area contributed by atoms with Crippen LogP contribution in [0.2, 0.25) is 0 Å². The highest BCUT2D eigenvalue weighted by Gasteiger charge is 2.06. The zero-order valence-corrected chi connectivity index (χ0v) is 8.10. The van der Waals surface area contributed by atoms with Crippen molar-refractivity contribution in [1.82, 2.24) is 5.32 Å². The van der Waals surface area contributed by atoms with Crippen LogP contribution in [0, 0.1) is 17.2 Å². The molecular weight excluding hydrogens is 184 g/mol. The van der Waals surface area contributed by atoms with Crippen LogP contribution in [0.15, 0.2) is 16.8 Å². The molecule has 0 aromatic carbocycles. The minimum Gasteiger partial charge on any atom is -0.351 e. The third-order valence-corrected chi connectivity index (χ3v) is 2.26. The van der Waals surface area contributed by atoms with Crippen LogP contribution in [0.3, 0.4) is 0 Å². The van der Waals surface area contributed by atoms with Crippen molar-refractivity contribution in [3.8, 4) is 6.07 Å². The van der Waals surface area contributed by atoms with Crippen LogP contribution in [0.25, 0.3) is 0 Å². The van der Waals surface area contributed by atoms with Crippen LogP contribution in [0.4, 0.5) is 0 Å². The van der Waals surface area contributed by atoms with Crippen molar-refractivity contribution in [3.05, 3.63) is 22.4 Å². The number of amides is 1. The number of rotatable bonds is 3. The fraction of sp³-hybridized carbons (Fsp3) is 0.333. The van der Waals surface area contributed by atoms with Gasteiger partial charge in [0, 0.05) is 17.5 Å². The summed E-state index contributed by atoms with van der Waals surface area (Å²) in [6.07, 6.45) is 0. The predicted octanol–water partition coefficient (Wildman–Crippen LogP) is 1.64. The van der Waals surface area contributed by atoms with Crippen molar-refractivity contribution in [2.24, 2.45) is 5.92 Å². The molecular formula is C9H10N2OS. The summed E-state index contributed by atoms with van der Waals surface area (Å²) in [4.78, 5) is 11.3. The van der Waals surface area contributed by atoms with Crippen molar-refractivity contribution in [2.45, 2.75) is 6.92 Å². The number of hydrogen-bond donors (Lipinski definition) is 1. The largest absolute Gasteiger partial charge is 0.351 e. The Bertz CT molecular complexity index is 313. The molecule has 1 rings (SSSR count). The molecule has 0 aliphatic carbocycles. The van der Waals surface area contributed by atoms with E-state index in [1.807, 2.05) is 5.38 Å². The van der Waals surface area contributed by atoms with Gasteiger partial charge in [-0.3, -0.25) is 4.79 Å². The van der Waals surface area contributed by atoms with Crippen molar-refractivity contribution in [3.63, 3.8) is 0 Å². The predicted molar refractivity (Wildman–Crippen MR) is 51.4 cm³/mol. The van der Waals surface area contributed by atoms with Gasteiger partial charge in [-0.2, -0.15) is 16.6 Å². The number of nitrogens with zero attached hydrogens (tertiary/aromatic N) is 1. The second-order valence-corrected chi connectivity index (χ2v) is 3.53. The molecule has 68 valence electrons. The Kier molecular flexibility index (Phi) is 3.47. The number of carbonyl (C=O) groups is 1. The molecule has 0 saturated carbocycles. The highest BCUT2D eigenvalue weighted by Crippen LogP contribution is 2.05. The lowest BCUT2D eigenvalue weighted by atomic mass is 10.2. The third-order valence-electron chi connectivity index (χ3n) is 1.57. The quantitative estimate of drug-likeness (QED) is 0.795. The van der Waals surface area contributed by atoms with E-state index in [2.05, 4.69) is 11.4 Å². The summed E-state index contributed by atoms with van der Waals surface area (Å²) in [7, 11) is 0. The normalized spacial score (nSPS) is 11.7. The molecule has 1 aromatic rings. The standard InChI is InChI=1S/C9H10N2OS/c1-7(4-10)5-11-9(12)8-2-3-13-6-8/h2-3,6-7H,5H2,1H3,(H,11,12). The van der Waals surface area contributed by atoms with Gasteiger partial charge < -0.3 is 5.32 Å². The maximum Gasteiger partial charge on any atom is 0.252 e. The van der Waals surface area contributed by atoms with Crippen LogP contribution in [-0.2, 0) is 0 Å². The summed E-state index contributed by atoms with van der Waals surface area (Å²) in [6, 6.07) is 3.81. The van der Waals surface area contributed by atoms with E-state index in [-0.39, 0.29) is 11.8 Å². The monoisotopic (exact) mass is 194 g/mol. The molecule has 13 heavy (non-hydrogen) atoms. The molecule has 0 spiro atoms. The van der Waals surface area contributed by atoms with E-state index >= 15 is 0 Å². The first-order valence-electron chi connectivity index (χ1n) is 3.94. The average molecular weight is 194 g/mol. The molecule has 1 N–H and O–H groups in total. The van der Waals surface area contributed by atoms with E-state index < -0.39 is 0 Å². The summed E-state index contributed by atoms with van der Waals surface area (Å²) in [5.74, 6) is -0.245. The van der Waals surface area contributed by atoms with Gasteiger partial charge in [-0.15, -0.1) is 0 Å². The first-order chi connectivity index (χ1) is 6.24. The van der Waals surface area contributed by atoms with E-state index in [0.29, 0.717) is 12.1 Å². The number of thiophene rings is 1. The van der Waals surface area contributed by atoms with E-state index in [1.165, 1.54) is 11.3 Å². The van der Waals surface area contributed by atoms with Gasteiger partial charge in [-0.1, -0.05) is 0 Å². The topological polar surface area (TPSA) is 52.9 Å². The summed E-state index contributed by atoms with van der Waals surface area (Å²) in [6.45, 7) is 2.18. The molecule has 0 aliphatic rings. The van der Waals surface area contributed by atoms with Crippen LogP contribution in [0.5, 0.6) is 0 Å². The molecule has 0 bridgehead atoms. The van der Waals surface area contributed by atoms with Gasteiger partial charge in [-0.05, 0) is 18.4 Å². The molecule has 1 unspecified atom stereocenters. The van der Waals surface area contributed by atoms with Gasteiger partial charge in [0.1, 0.15) is 0 Å². The van der Waals surface area contributed by atoms with Gasteiger partial charge >= 0.3 is 0 Å². The van der Waals surface area contributed by atoms with Crippen molar-refractivity contribution in [1.29, 1.82) is 5.26 Å². The maximum absolute atomic E-state index is 11.3.